The molecule has 1 amide bonds. The Morgan fingerprint density at radius 3 is 2.50 bits per heavy atom. The summed E-state index contributed by atoms with van der Waals surface area (Å²) in [6.45, 7) is 9.43. The molecule has 2 aromatic carbocycles. The molecule has 4 nitrogen and oxygen atoms in total. The fourth-order valence-electron chi connectivity index (χ4n) is 3.33. The van der Waals surface area contributed by atoms with Crippen LogP contribution < -0.4 is 10.2 Å². The number of nitrogens with zero attached hydrogens (tertiary/aromatic N) is 2. The first kappa shape index (κ1) is 20.6. The fourth-order valence-corrected chi connectivity index (χ4v) is 4.05. The molecule has 150 valence electrons. The van der Waals surface area contributed by atoms with Crippen molar-refractivity contribution in [3.63, 3.8) is 0 Å². The molecule has 1 saturated heterocycles. The van der Waals surface area contributed by atoms with Gasteiger partial charge in [-0.3, -0.25) is 4.79 Å². The van der Waals surface area contributed by atoms with Gasteiger partial charge in [0.05, 0.1) is 5.75 Å². The first-order valence-electron chi connectivity index (χ1n) is 9.42. The third kappa shape index (κ3) is 5.23. The maximum atomic E-state index is 13.6. The number of amides is 1. The van der Waals surface area contributed by atoms with Crippen LogP contribution in [0.4, 0.5) is 20.2 Å². The van der Waals surface area contributed by atoms with Gasteiger partial charge in [0.25, 0.3) is 0 Å². The molecule has 1 fully saturated rings. The molecule has 2 aromatic rings. The number of anilines is 2. The summed E-state index contributed by atoms with van der Waals surface area (Å²) >= 11 is 1.05. The van der Waals surface area contributed by atoms with Crippen molar-refractivity contribution >= 4 is 29.0 Å². The molecule has 1 heterocycles. The van der Waals surface area contributed by atoms with Crippen LogP contribution in [0.5, 0.6) is 0 Å². The van der Waals surface area contributed by atoms with E-state index in [-0.39, 0.29) is 16.6 Å². The molecular formula is C21H25F2N3OS. The molecule has 1 aliphatic heterocycles. The second-order valence-corrected chi connectivity index (χ2v) is 7.85. The molecular weight excluding hydrogens is 380 g/mol. The molecule has 0 spiro atoms. The van der Waals surface area contributed by atoms with Gasteiger partial charge < -0.3 is 15.1 Å². The summed E-state index contributed by atoms with van der Waals surface area (Å²) in [5.41, 5.74) is 3.02. The number of likely N-dealkylation sites (N-methyl/N-ethyl adjacent to an activating group) is 1. The Bertz CT molecular complexity index is 838. The first-order chi connectivity index (χ1) is 13.5. The second kappa shape index (κ2) is 9.39. The van der Waals surface area contributed by atoms with E-state index >= 15 is 0 Å². The van der Waals surface area contributed by atoms with Crippen LogP contribution in [0.25, 0.3) is 0 Å². The normalized spacial score (nSPS) is 14.9. The summed E-state index contributed by atoms with van der Waals surface area (Å²) in [6, 6.07) is 9.26. The highest BCUT2D eigenvalue weighted by molar-refractivity contribution is 8.00. The van der Waals surface area contributed by atoms with Crippen LogP contribution >= 0.6 is 11.8 Å². The van der Waals surface area contributed by atoms with Gasteiger partial charge in [0.15, 0.2) is 0 Å². The third-order valence-electron chi connectivity index (χ3n) is 4.89. The number of piperazine rings is 1. The van der Waals surface area contributed by atoms with Gasteiger partial charge >= 0.3 is 0 Å². The summed E-state index contributed by atoms with van der Waals surface area (Å²) in [6.07, 6.45) is 0. The Morgan fingerprint density at radius 2 is 1.86 bits per heavy atom. The van der Waals surface area contributed by atoms with Gasteiger partial charge in [-0.1, -0.05) is 6.92 Å². The topological polar surface area (TPSA) is 35.6 Å². The number of nitrogens with one attached hydrogen (secondary N) is 1. The molecule has 0 radical (unpaired) electrons. The maximum absolute atomic E-state index is 13.6. The first-order valence-corrected chi connectivity index (χ1v) is 10.4. The van der Waals surface area contributed by atoms with Crippen LogP contribution in [0.1, 0.15) is 12.5 Å². The number of rotatable bonds is 6. The number of thioether (sulfide) groups is 1. The number of halogens is 2. The fraction of sp³-hybridized carbons (Fsp3) is 0.381. The number of carbonyl (C=O) groups excluding carboxylic acids is 1. The maximum Gasteiger partial charge on any atom is 0.234 e. The predicted molar refractivity (Wildman–Crippen MR) is 111 cm³/mol. The number of hydrogen-bond donors (Lipinski definition) is 1. The lowest BCUT2D eigenvalue weighted by Crippen LogP contribution is -2.46. The van der Waals surface area contributed by atoms with Gasteiger partial charge in [0, 0.05) is 48.5 Å². The van der Waals surface area contributed by atoms with E-state index in [1.54, 1.807) is 0 Å². The van der Waals surface area contributed by atoms with Gasteiger partial charge in [-0.05, 0) is 49.4 Å². The van der Waals surface area contributed by atoms with Gasteiger partial charge in [-0.2, -0.15) is 0 Å². The third-order valence-corrected chi connectivity index (χ3v) is 5.94. The zero-order valence-corrected chi connectivity index (χ0v) is 17.0. The average molecular weight is 406 g/mol. The highest BCUT2D eigenvalue weighted by atomic mass is 32.2. The van der Waals surface area contributed by atoms with Crippen LogP contribution in [-0.2, 0) is 4.79 Å². The van der Waals surface area contributed by atoms with Gasteiger partial charge in [0.1, 0.15) is 11.6 Å². The molecule has 3 rings (SSSR count). The Kier molecular flexibility index (Phi) is 6.91. The van der Waals surface area contributed by atoms with Crippen molar-refractivity contribution in [1.29, 1.82) is 0 Å². The largest absolute Gasteiger partial charge is 0.369 e. The SMILES string of the molecule is CCN1CCN(c2ccc(NC(=O)CSc3ccc(F)cc3F)cc2C)CC1. The molecule has 0 aromatic heterocycles. The van der Waals surface area contributed by atoms with Crippen LogP contribution in [0.2, 0.25) is 0 Å². The van der Waals surface area contributed by atoms with E-state index in [0.29, 0.717) is 0 Å². The molecule has 0 atom stereocenters. The van der Waals surface area contributed by atoms with Crippen molar-refractivity contribution in [1.82, 2.24) is 4.90 Å². The smallest absolute Gasteiger partial charge is 0.234 e. The Morgan fingerprint density at radius 1 is 1.11 bits per heavy atom. The molecule has 0 aliphatic carbocycles. The number of benzene rings is 2. The minimum Gasteiger partial charge on any atom is -0.369 e. The van der Waals surface area contributed by atoms with E-state index in [1.807, 2.05) is 25.1 Å². The standard InChI is InChI=1S/C21H25F2N3OS/c1-3-25-8-10-26(11-9-25)19-6-5-17(12-15(19)2)24-21(27)14-28-20-7-4-16(22)13-18(20)23/h4-7,12-13H,3,8-11,14H2,1-2H3,(H,24,27). The molecule has 1 aliphatic rings. The van der Waals surface area contributed by atoms with Crippen molar-refractivity contribution in [2.75, 3.05) is 48.7 Å². The van der Waals surface area contributed by atoms with Gasteiger partial charge in [-0.25, -0.2) is 8.78 Å². The van der Waals surface area contributed by atoms with Crippen molar-refractivity contribution in [3.8, 4) is 0 Å². The summed E-state index contributed by atoms with van der Waals surface area (Å²) in [5, 5.41) is 2.85. The van der Waals surface area contributed by atoms with Crippen molar-refractivity contribution < 1.29 is 13.6 Å². The van der Waals surface area contributed by atoms with Crippen LogP contribution in [0, 0.1) is 18.6 Å². The van der Waals surface area contributed by atoms with E-state index in [4.69, 9.17) is 0 Å². The molecule has 0 bridgehead atoms. The lowest BCUT2D eigenvalue weighted by atomic mass is 10.1. The van der Waals surface area contributed by atoms with E-state index < -0.39 is 11.6 Å². The van der Waals surface area contributed by atoms with Crippen LogP contribution in [-0.4, -0.2) is 49.3 Å². The lowest BCUT2D eigenvalue weighted by Gasteiger charge is -2.36. The molecule has 0 saturated carbocycles. The van der Waals surface area contributed by atoms with E-state index in [1.165, 1.54) is 17.8 Å². The zero-order valence-electron chi connectivity index (χ0n) is 16.2. The van der Waals surface area contributed by atoms with Crippen molar-refractivity contribution in [3.05, 3.63) is 53.6 Å². The quantitative estimate of drug-likeness (QED) is 0.733. The minimum absolute atomic E-state index is 0.0579. The summed E-state index contributed by atoms with van der Waals surface area (Å²) in [5.74, 6) is -1.45. The van der Waals surface area contributed by atoms with Crippen molar-refractivity contribution in [2.45, 2.75) is 18.7 Å². The Labute approximate surface area is 168 Å². The Balaban J connectivity index is 1.55. The average Bonchev–Trinajstić information content (AvgIpc) is 2.67. The van der Waals surface area contributed by atoms with E-state index in [2.05, 4.69) is 22.0 Å². The number of aryl methyl sites for hydroxylation is 1. The number of hydrogen-bond acceptors (Lipinski definition) is 4. The van der Waals surface area contributed by atoms with Crippen molar-refractivity contribution in [2.24, 2.45) is 0 Å². The van der Waals surface area contributed by atoms with Crippen LogP contribution in [0.3, 0.4) is 0 Å². The second-order valence-electron chi connectivity index (χ2n) is 6.83. The lowest BCUT2D eigenvalue weighted by molar-refractivity contribution is -0.113. The highest BCUT2D eigenvalue weighted by Crippen LogP contribution is 2.26. The minimum atomic E-state index is -0.652. The zero-order chi connectivity index (χ0) is 20.1. The van der Waals surface area contributed by atoms with Gasteiger partial charge in [-0.15, -0.1) is 11.8 Å². The summed E-state index contributed by atoms with van der Waals surface area (Å²) < 4.78 is 26.6. The monoisotopic (exact) mass is 405 g/mol. The Hall–Kier alpha value is -2.12. The van der Waals surface area contributed by atoms with Crippen LogP contribution in [0.15, 0.2) is 41.3 Å². The van der Waals surface area contributed by atoms with Gasteiger partial charge in [0.2, 0.25) is 5.91 Å². The van der Waals surface area contributed by atoms with E-state index in [9.17, 15) is 13.6 Å². The molecule has 0 unspecified atom stereocenters. The molecule has 28 heavy (non-hydrogen) atoms. The number of carbonyl (C=O) groups is 1. The highest BCUT2D eigenvalue weighted by Gasteiger charge is 2.17. The summed E-state index contributed by atoms with van der Waals surface area (Å²) in [4.78, 5) is 17.3. The molecule has 1 N–H and O–H groups in total. The summed E-state index contributed by atoms with van der Waals surface area (Å²) in [7, 11) is 0. The molecule has 7 heteroatoms. The predicted octanol–water partition coefficient (Wildman–Crippen LogP) is 4.15. The van der Waals surface area contributed by atoms with E-state index in [0.717, 1.165) is 61.8 Å².